The highest BCUT2D eigenvalue weighted by atomic mass is 35.5. The van der Waals surface area contributed by atoms with Crippen molar-refractivity contribution in [1.82, 2.24) is 19.5 Å². The molecule has 0 bridgehead atoms. The molecule has 7 nitrogen and oxygen atoms in total. The first-order chi connectivity index (χ1) is 9.81. The molecule has 0 saturated heterocycles. The summed E-state index contributed by atoms with van der Waals surface area (Å²) in [6.45, 7) is 0.00617. The summed E-state index contributed by atoms with van der Waals surface area (Å²) in [5.41, 5.74) is 5.97. The Morgan fingerprint density at radius 3 is 2.76 bits per heavy atom. The van der Waals surface area contributed by atoms with E-state index in [-0.39, 0.29) is 21.5 Å². The van der Waals surface area contributed by atoms with Crippen molar-refractivity contribution in [3.8, 4) is 0 Å². The zero-order chi connectivity index (χ0) is 15.6. The summed E-state index contributed by atoms with van der Waals surface area (Å²) in [5, 5.41) is 7.51. The monoisotopic (exact) mass is 345 g/mol. The third kappa shape index (κ3) is 3.56. The second-order valence-electron chi connectivity index (χ2n) is 4.19. The standard InChI is InChI=1S/C11H12ClN5O2S2/c1-17-6-14-16-10(17)5-15-21(18,19)9-3-2-7(11(13)20)4-8(9)12/h2-4,6,15H,5H2,1H3,(H2,13,20). The summed E-state index contributed by atoms with van der Waals surface area (Å²) in [4.78, 5) is 0.0965. The van der Waals surface area contributed by atoms with Crippen LogP contribution in [0.4, 0.5) is 0 Å². The van der Waals surface area contributed by atoms with Gasteiger partial charge in [0, 0.05) is 12.6 Å². The van der Waals surface area contributed by atoms with Crippen LogP contribution in [0, 0.1) is 0 Å². The van der Waals surface area contributed by atoms with Gasteiger partial charge in [0.1, 0.15) is 22.0 Å². The fourth-order valence-corrected chi connectivity index (χ4v) is 3.23. The smallest absolute Gasteiger partial charge is 0.242 e. The predicted octanol–water partition coefficient (Wildman–Crippen LogP) is 0.581. The fraction of sp³-hybridized carbons (Fsp3) is 0.182. The molecule has 0 saturated carbocycles. The van der Waals surface area contributed by atoms with E-state index in [1.165, 1.54) is 24.5 Å². The molecular weight excluding hydrogens is 334 g/mol. The Balaban J connectivity index is 2.23. The molecule has 0 aliphatic carbocycles. The maximum absolute atomic E-state index is 12.2. The molecule has 1 heterocycles. The van der Waals surface area contributed by atoms with Crippen molar-refractivity contribution in [2.24, 2.45) is 12.8 Å². The molecule has 0 aliphatic heterocycles. The van der Waals surface area contributed by atoms with Gasteiger partial charge in [-0.2, -0.15) is 0 Å². The van der Waals surface area contributed by atoms with Gasteiger partial charge in [0.05, 0.1) is 11.6 Å². The van der Waals surface area contributed by atoms with E-state index in [1.54, 1.807) is 11.6 Å². The quantitative estimate of drug-likeness (QED) is 0.768. The van der Waals surface area contributed by atoms with Gasteiger partial charge >= 0.3 is 0 Å². The SMILES string of the molecule is Cn1cnnc1CNS(=O)(=O)c1ccc(C(N)=S)cc1Cl. The van der Waals surface area contributed by atoms with E-state index in [1.807, 2.05) is 0 Å². The van der Waals surface area contributed by atoms with E-state index in [0.717, 1.165) is 0 Å². The molecule has 1 aromatic carbocycles. The Kier molecular flexibility index (Phi) is 4.57. The van der Waals surface area contributed by atoms with Gasteiger partial charge in [0.2, 0.25) is 10.0 Å². The van der Waals surface area contributed by atoms with Crippen LogP contribution in [0.15, 0.2) is 29.4 Å². The number of rotatable bonds is 5. The molecule has 10 heteroatoms. The number of nitrogens with two attached hydrogens (primary N) is 1. The minimum atomic E-state index is -3.77. The summed E-state index contributed by atoms with van der Waals surface area (Å²) in [6.07, 6.45) is 1.48. The number of halogens is 1. The van der Waals surface area contributed by atoms with Crippen LogP contribution in [0.25, 0.3) is 0 Å². The number of thiocarbonyl (C=S) groups is 1. The number of nitrogens with one attached hydrogen (secondary N) is 1. The Hall–Kier alpha value is -1.55. The lowest BCUT2D eigenvalue weighted by molar-refractivity contribution is 0.577. The summed E-state index contributed by atoms with van der Waals surface area (Å²) in [7, 11) is -2.06. The van der Waals surface area contributed by atoms with Gasteiger partial charge in [-0.15, -0.1) is 10.2 Å². The third-order valence-electron chi connectivity index (χ3n) is 2.73. The summed E-state index contributed by atoms with van der Waals surface area (Å²) in [6, 6.07) is 4.28. The van der Waals surface area contributed by atoms with Crippen LogP contribution in [0.1, 0.15) is 11.4 Å². The van der Waals surface area contributed by atoms with Crippen molar-refractivity contribution in [3.05, 3.63) is 40.9 Å². The largest absolute Gasteiger partial charge is 0.389 e. The molecule has 2 aromatic rings. The first kappa shape index (κ1) is 15.8. The molecule has 0 unspecified atom stereocenters. The van der Waals surface area contributed by atoms with Gasteiger partial charge in [-0.1, -0.05) is 29.9 Å². The fourth-order valence-electron chi connectivity index (χ4n) is 1.58. The molecule has 2 rings (SSSR count). The molecule has 0 amide bonds. The molecule has 0 spiro atoms. The Labute approximate surface area is 132 Å². The Morgan fingerprint density at radius 2 is 2.24 bits per heavy atom. The molecule has 0 aliphatic rings. The average molecular weight is 346 g/mol. The van der Waals surface area contributed by atoms with Gasteiger partial charge in [-0.05, 0) is 12.1 Å². The molecule has 21 heavy (non-hydrogen) atoms. The van der Waals surface area contributed by atoms with Crippen molar-refractivity contribution < 1.29 is 8.42 Å². The molecule has 112 valence electrons. The topological polar surface area (TPSA) is 103 Å². The highest BCUT2D eigenvalue weighted by Gasteiger charge is 2.19. The van der Waals surface area contributed by atoms with Crippen molar-refractivity contribution >= 4 is 38.8 Å². The number of aryl methyl sites for hydroxylation is 1. The van der Waals surface area contributed by atoms with Gasteiger partial charge in [0.25, 0.3) is 0 Å². The molecule has 0 atom stereocenters. The minimum absolute atomic E-state index is 0.00617. The van der Waals surface area contributed by atoms with Gasteiger partial charge in [-0.3, -0.25) is 0 Å². The summed E-state index contributed by atoms with van der Waals surface area (Å²) >= 11 is 10.8. The summed E-state index contributed by atoms with van der Waals surface area (Å²) in [5.74, 6) is 0.481. The van der Waals surface area contributed by atoms with Crippen molar-refractivity contribution in [2.45, 2.75) is 11.4 Å². The number of nitrogens with zero attached hydrogens (tertiary/aromatic N) is 3. The van der Waals surface area contributed by atoms with Gasteiger partial charge < -0.3 is 10.3 Å². The van der Waals surface area contributed by atoms with Crippen molar-refractivity contribution in [2.75, 3.05) is 0 Å². The first-order valence-electron chi connectivity index (χ1n) is 5.73. The van der Waals surface area contributed by atoms with Crippen LogP contribution in [0.2, 0.25) is 5.02 Å². The van der Waals surface area contributed by atoms with E-state index < -0.39 is 10.0 Å². The lowest BCUT2D eigenvalue weighted by atomic mass is 10.2. The van der Waals surface area contributed by atoms with Crippen LogP contribution in [0.3, 0.4) is 0 Å². The zero-order valence-corrected chi connectivity index (χ0v) is 13.3. The molecule has 3 N–H and O–H groups in total. The molecule has 0 fully saturated rings. The number of aromatic nitrogens is 3. The molecule has 0 radical (unpaired) electrons. The van der Waals surface area contributed by atoms with Crippen LogP contribution in [-0.2, 0) is 23.6 Å². The van der Waals surface area contributed by atoms with Crippen LogP contribution < -0.4 is 10.5 Å². The number of hydrogen-bond donors (Lipinski definition) is 2. The molecule has 1 aromatic heterocycles. The van der Waals surface area contributed by atoms with Gasteiger partial charge in [-0.25, -0.2) is 13.1 Å². The zero-order valence-electron chi connectivity index (χ0n) is 10.9. The van der Waals surface area contributed by atoms with E-state index in [0.29, 0.717) is 11.4 Å². The average Bonchev–Trinajstić information content (AvgIpc) is 2.81. The predicted molar refractivity (Wildman–Crippen MR) is 82.4 cm³/mol. The normalized spacial score (nSPS) is 11.5. The Bertz CT molecular complexity index is 788. The van der Waals surface area contributed by atoms with E-state index in [9.17, 15) is 8.42 Å². The lowest BCUT2D eigenvalue weighted by Crippen LogP contribution is -2.25. The minimum Gasteiger partial charge on any atom is -0.389 e. The third-order valence-corrected chi connectivity index (χ3v) is 4.85. The highest BCUT2D eigenvalue weighted by Crippen LogP contribution is 2.22. The summed E-state index contributed by atoms with van der Waals surface area (Å²) < 4.78 is 28.5. The highest BCUT2D eigenvalue weighted by molar-refractivity contribution is 7.89. The number of hydrogen-bond acceptors (Lipinski definition) is 5. The second-order valence-corrected chi connectivity index (χ2v) is 6.77. The number of benzene rings is 1. The number of sulfonamides is 1. The van der Waals surface area contributed by atoms with Crippen molar-refractivity contribution in [3.63, 3.8) is 0 Å². The lowest BCUT2D eigenvalue weighted by Gasteiger charge is -2.09. The first-order valence-corrected chi connectivity index (χ1v) is 8.00. The van der Waals surface area contributed by atoms with Gasteiger partial charge in [0.15, 0.2) is 0 Å². The van der Waals surface area contributed by atoms with Crippen molar-refractivity contribution in [1.29, 1.82) is 0 Å². The maximum Gasteiger partial charge on any atom is 0.242 e. The van der Waals surface area contributed by atoms with Crippen LogP contribution in [0.5, 0.6) is 0 Å². The maximum atomic E-state index is 12.2. The van der Waals surface area contributed by atoms with E-state index in [4.69, 9.17) is 29.6 Å². The van der Waals surface area contributed by atoms with E-state index >= 15 is 0 Å². The van der Waals surface area contributed by atoms with Crippen LogP contribution >= 0.6 is 23.8 Å². The van der Waals surface area contributed by atoms with E-state index in [2.05, 4.69) is 14.9 Å². The molecular formula is C11H12ClN5O2S2. The Morgan fingerprint density at radius 1 is 1.52 bits per heavy atom. The second kappa shape index (κ2) is 6.06. The van der Waals surface area contributed by atoms with Crippen LogP contribution in [-0.4, -0.2) is 28.2 Å².